The maximum absolute atomic E-state index is 13.1. The average molecular weight is 436 g/mol. The zero-order valence-corrected chi connectivity index (χ0v) is 17.9. The van der Waals surface area contributed by atoms with E-state index in [1.165, 1.54) is 16.2 Å². The summed E-state index contributed by atoms with van der Waals surface area (Å²) in [5.41, 5.74) is 1.05. The van der Waals surface area contributed by atoms with Crippen LogP contribution in [0.2, 0.25) is 0 Å². The van der Waals surface area contributed by atoms with Crippen LogP contribution < -0.4 is 14.4 Å². The molecule has 1 amide bonds. The highest BCUT2D eigenvalue weighted by Crippen LogP contribution is 2.43. The van der Waals surface area contributed by atoms with Gasteiger partial charge in [0.25, 0.3) is 11.7 Å². The number of amides is 1. The Bertz CT molecular complexity index is 1120. The molecule has 7 heteroatoms. The molecule has 158 valence electrons. The van der Waals surface area contributed by atoms with Gasteiger partial charge in [0.2, 0.25) is 0 Å². The Labute approximate surface area is 184 Å². The molecule has 1 atom stereocenters. The van der Waals surface area contributed by atoms with Gasteiger partial charge in [-0.1, -0.05) is 6.07 Å². The van der Waals surface area contributed by atoms with E-state index < -0.39 is 17.7 Å². The summed E-state index contributed by atoms with van der Waals surface area (Å²) in [5, 5.41) is 12.9. The Hall–Kier alpha value is -3.58. The van der Waals surface area contributed by atoms with Crippen molar-refractivity contribution in [3.05, 3.63) is 82.1 Å². The van der Waals surface area contributed by atoms with Crippen molar-refractivity contribution in [2.75, 3.05) is 18.6 Å². The van der Waals surface area contributed by atoms with Crippen LogP contribution in [0.4, 0.5) is 5.69 Å². The quantitative estimate of drug-likeness (QED) is 0.343. The van der Waals surface area contributed by atoms with Crippen molar-refractivity contribution in [2.24, 2.45) is 0 Å². The molecular weight excluding hydrogens is 414 g/mol. The van der Waals surface area contributed by atoms with Crippen LogP contribution in [0, 0.1) is 0 Å². The van der Waals surface area contributed by atoms with Crippen molar-refractivity contribution < 1.29 is 24.2 Å². The number of Topliss-reactive ketones (excluding diaryl/α,β-unsaturated/α-hetero) is 1. The van der Waals surface area contributed by atoms with Crippen LogP contribution in [0.15, 0.2) is 71.6 Å². The van der Waals surface area contributed by atoms with E-state index in [1.807, 2.05) is 24.4 Å². The van der Waals surface area contributed by atoms with Crippen LogP contribution in [-0.2, 0) is 9.59 Å². The second kappa shape index (κ2) is 8.65. The van der Waals surface area contributed by atoms with Gasteiger partial charge in [-0.2, -0.15) is 0 Å². The number of nitrogens with zero attached hydrogens (tertiary/aromatic N) is 1. The number of aliphatic hydroxyl groups is 1. The standard InChI is InChI=1S/C24H21NO5S/c1-3-30-18-12-8-16(9-13-18)25-21(19-5-4-14-31-19)20(23(27)24(25)28)22(26)15-6-10-17(29-2)11-7-15/h4-14,21,26H,3H2,1-2H3/b22-20-. The molecule has 2 aromatic carbocycles. The van der Waals surface area contributed by atoms with E-state index in [4.69, 9.17) is 9.47 Å². The van der Waals surface area contributed by atoms with E-state index in [1.54, 1.807) is 55.6 Å². The summed E-state index contributed by atoms with van der Waals surface area (Å²) >= 11 is 1.42. The number of anilines is 1. The van der Waals surface area contributed by atoms with Gasteiger partial charge in [0.15, 0.2) is 0 Å². The molecule has 31 heavy (non-hydrogen) atoms. The molecule has 0 saturated carbocycles. The first-order valence-electron chi connectivity index (χ1n) is 9.76. The van der Waals surface area contributed by atoms with E-state index in [9.17, 15) is 14.7 Å². The second-order valence-electron chi connectivity index (χ2n) is 6.84. The summed E-state index contributed by atoms with van der Waals surface area (Å²) in [4.78, 5) is 28.3. The van der Waals surface area contributed by atoms with E-state index in [-0.39, 0.29) is 11.3 Å². The first-order chi connectivity index (χ1) is 15.0. The Balaban J connectivity index is 1.83. The molecule has 6 nitrogen and oxygen atoms in total. The smallest absolute Gasteiger partial charge is 0.300 e. The number of carbonyl (C=O) groups excluding carboxylic acids is 2. The molecule has 1 saturated heterocycles. The minimum atomic E-state index is -0.722. The fraction of sp³-hybridized carbons (Fsp3) is 0.167. The van der Waals surface area contributed by atoms with Gasteiger partial charge in [-0.3, -0.25) is 14.5 Å². The van der Waals surface area contributed by atoms with Crippen LogP contribution in [0.25, 0.3) is 5.76 Å². The number of ether oxygens (including phenoxy) is 2. The Morgan fingerprint density at radius 1 is 1.03 bits per heavy atom. The molecular formula is C24H21NO5S. The van der Waals surface area contributed by atoms with Gasteiger partial charge in [0, 0.05) is 16.1 Å². The summed E-state index contributed by atoms with van der Waals surface area (Å²) in [5.74, 6) is -0.319. The van der Waals surface area contributed by atoms with Crippen LogP contribution in [0.5, 0.6) is 11.5 Å². The Morgan fingerprint density at radius 3 is 2.29 bits per heavy atom. The normalized spacial score (nSPS) is 17.7. The highest BCUT2D eigenvalue weighted by Gasteiger charge is 2.47. The molecule has 1 aliphatic rings. The zero-order valence-electron chi connectivity index (χ0n) is 17.1. The van der Waals surface area contributed by atoms with Gasteiger partial charge in [-0.15, -0.1) is 11.3 Å². The van der Waals surface area contributed by atoms with Gasteiger partial charge < -0.3 is 14.6 Å². The molecule has 0 spiro atoms. The Kier molecular flexibility index (Phi) is 5.77. The SMILES string of the molecule is CCOc1ccc(N2C(=O)C(=O)/C(=C(\O)c3ccc(OC)cc3)C2c2cccs2)cc1. The molecule has 1 aliphatic heterocycles. The van der Waals surface area contributed by atoms with Crippen molar-refractivity contribution in [1.82, 2.24) is 0 Å². The van der Waals surface area contributed by atoms with Crippen molar-refractivity contribution >= 4 is 34.5 Å². The minimum absolute atomic E-state index is 0.0616. The van der Waals surface area contributed by atoms with E-state index in [2.05, 4.69) is 0 Å². The molecule has 0 radical (unpaired) electrons. The number of ketones is 1. The number of methoxy groups -OCH3 is 1. The van der Waals surface area contributed by atoms with Gasteiger partial charge >= 0.3 is 0 Å². The first kappa shape index (κ1) is 20.7. The molecule has 1 unspecified atom stereocenters. The van der Waals surface area contributed by atoms with Crippen molar-refractivity contribution in [1.29, 1.82) is 0 Å². The largest absolute Gasteiger partial charge is 0.507 e. The summed E-state index contributed by atoms with van der Waals surface area (Å²) < 4.78 is 10.6. The van der Waals surface area contributed by atoms with Gasteiger partial charge in [0.05, 0.1) is 19.3 Å². The van der Waals surface area contributed by atoms with Gasteiger partial charge in [0.1, 0.15) is 23.3 Å². The summed E-state index contributed by atoms with van der Waals surface area (Å²) in [6.45, 7) is 2.42. The van der Waals surface area contributed by atoms with E-state index >= 15 is 0 Å². The first-order valence-corrected chi connectivity index (χ1v) is 10.6. The fourth-order valence-electron chi connectivity index (χ4n) is 3.59. The molecule has 4 rings (SSSR count). The van der Waals surface area contributed by atoms with Crippen LogP contribution >= 0.6 is 11.3 Å². The summed E-state index contributed by atoms with van der Waals surface area (Å²) in [6, 6.07) is 16.7. The van der Waals surface area contributed by atoms with Gasteiger partial charge in [-0.25, -0.2) is 0 Å². The lowest BCUT2D eigenvalue weighted by atomic mass is 9.99. The number of benzene rings is 2. The second-order valence-corrected chi connectivity index (χ2v) is 7.82. The van der Waals surface area contributed by atoms with Crippen molar-refractivity contribution in [3.63, 3.8) is 0 Å². The zero-order chi connectivity index (χ0) is 22.0. The minimum Gasteiger partial charge on any atom is -0.507 e. The number of hydrogen-bond acceptors (Lipinski definition) is 6. The lowest BCUT2D eigenvalue weighted by Crippen LogP contribution is -2.29. The molecule has 0 aliphatic carbocycles. The van der Waals surface area contributed by atoms with E-state index in [0.29, 0.717) is 29.4 Å². The lowest BCUT2D eigenvalue weighted by Gasteiger charge is -2.24. The third-order valence-electron chi connectivity index (χ3n) is 5.05. The highest BCUT2D eigenvalue weighted by molar-refractivity contribution is 7.10. The molecule has 0 bridgehead atoms. The number of aliphatic hydroxyl groups excluding tert-OH is 1. The summed E-state index contributed by atoms with van der Waals surface area (Å²) in [7, 11) is 1.55. The van der Waals surface area contributed by atoms with Crippen LogP contribution in [-0.4, -0.2) is 30.5 Å². The third kappa shape index (κ3) is 3.80. The molecule has 1 aromatic heterocycles. The third-order valence-corrected chi connectivity index (χ3v) is 5.97. The molecule has 1 N–H and O–H groups in total. The average Bonchev–Trinajstić information content (AvgIpc) is 3.41. The number of carbonyl (C=O) groups is 2. The topological polar surface area (TPSA) is 76.1 Å². The van der Waals surface area contributed by atoms with Gasteiger partial charge in [-0.05, 0) is 66.9 Å². The number of hydrogen-bond donors (Lipinski definition) is 1. The van der Waals surface area contributed by atoms with Crippen molar-refractivity contribution in [2.45, 2.75) is 13.0 Å². The molecule has 1 fully saturated rings. The molecule has 2 heterocycles. The van der Waals surface area contributed by atoms with Crippen LogP contribution in [0.3, 0.4) is 0 Å². The van der Waals surface area contributed by atoms with E-state index in [0.717, 1.165) is 4.88 Å². The van der Waals surface area contributed by atoms with Crippen molar-refractivity contribution in [3.8, 4) is 11.5 Å². The maximum Gasteiger partial charge on any atom is 0.300 e. The maximum atomic E-state index is 13.1. The number of thiophene rings is 1. The van der Waals surface area contributed by atoms with Crippen LogP contribution in [0.1, 0.15) is 23.4 Å². The fourth-order valence-corrected chi connectivity index (χ4v) is 4.41. The predicted molar refractivity (Wildman–Crippen MR) is 120 cm³/mol. The predicted octanol–water partition coefficient (Wildman–Crippen LogP) is 4.78. The molecule has 3 aromatic rings. The number of rotatable bonds is 6. The highest BCUT2D eigenvalue weighted by atomic mass is 32.1. The monoisotopic (exact) mass is 435 g/mol. The summed E-state index contributed by atoms with van der Waals surface area (Å²) in [6.07, 6.45) is 0. The Morgan fingerprint density at radius 2 is 1.71 bits per heavy atom. The lowest BCUT2D eigenvalue weighted by molar-refractivity contribution is -0.132.